The molecule has 0 saturated heterocycles. The molecule has 0 atom stereocenters. The fourth-order valence-electron chi connectivity index (χ4n) is 2.76. The maximum Gasteiger partial charge on any atom is 0.291 e. The lowest BCUT2D eigenvalue weighted by atomic mass is 10.1. The molecule has 10 nitrogen and oxygen atoms in total. The monoisotopic (exact) mass is 454 g/mol. The number of aryl methyl sites for hydroxylation is 1. The highest BCUT2D eigenvalue weighted by atomic mass is 32.1. The number of carbonyl (C=O) groups excluding carboxylic acids is 2. The van der Waals surface area contributed by atoms with Crippen molar-refractivity contribution in [1.82, 2.24) is 5.32 Å². The van der Waals surface area contributed by atoms with Crippen molar-refractivity contribution in [3.63, 3.8) is 0 Å². The summed E-state index contributed by atoms with van der Waals surface area (Å²) in [6, 6.07) is 12.0. The first kappa shape index (κ1) is 22.4. The van der Waals surface area contributed by atoms with E-state index in [-0.39, 0.29) is 22.1 Å². The Labute approximate surface area is 187 Å². The van der Waals surface area contributed by atoms with Crippen LogP contribution in [0.15, 0.2) is 59.2 Å². The van der Waals surface area contributed by atoms with E-state index in [0.717, 1.165) is 0 Å². The normalized spacial score (nSPS) is 10.2. The minimum absolute atomic E-state index is 0.0639. The molecule has 0 spiro atoms. The fraction of sp³-hybridized carbons (Fsp3) is 0.0952. The van der Waals surface area contributed by atoms with E-state index in [1.807, 2.05) is 0 Å². The third-order valence-corrected chi connectivity index (χ3v) is 4.55. The average Bonchev–Trinajstić information content (AvgIpc) is 3.29. The largest absolute Gasteiger partial charge is 0.495 e. The minimum atomic E-state index is -0.619. The zero-order valence-corrected chi connectivity index (χ0v) is 17.8. The number of nitro groups is 1. The van der Waals surface area contributed by atoms with Gasteiger partial charge in [0.05, 0.1) is 24.0 Å². The van der Waals surface area contributed by atoms with Gasteiger partial charge in [0.25, 0.3) is 17.5 Å². The van der Waals surface area contributed by atoms with Crippen LogP contribution in [-0.4, -0.2) is 29.0 Å². The summed E-state index contributed by atoms with van der Waals surface area (Å²) in [5.74, 6) is -0.510. The maximum atomic E-state index is 12.5. The van der Waals surface area contributed by atoms with Crippen LogP contribution >= 0.6 is 12.2 Å². The summed E-state index contributed by atoms with van der Waals surface area (Å²) < 4.78 is 10.3. The van der Waals surface area contributed by atoms with Gasteiger partial charge in [0.15, 0.2) is 10.9 Å². The zero-order chi connectivity index (χ0) is 23.3. The number of hydrogen-bond acceptors (Lipinski definition) is 7. The summed E-state index contributed by atoms with van der Waals surface area (Å²) >= 11 is 5.19. The first-order valence-corrected chi connectivity index (χ1v) is 9.59. The summed E-state index contributed by atoms with van der Waals surface area (Å²) in [4.78, 5) is 35.2. The van der Waals surface area contributed by atoms with E-state index in [0.29, 0.717) is 22.7 Å². The first-order chi connectivity index (χ1) is 15.3. The quantitative estimate of drug-likeness (QED) is 0.290. The molecule has 3 rings (SSSR count). The number of hydrogen-bond donors (Lipinski definition) is 3. The SMILES string of the molecule is COc1ccc(NC(=O)c2ccco2)cc1NC(=S)NC(=O)c1ccc(C)c([N+](=O)[O-])c1. The van der Waals surface area contributed by atoms with E-state index in [1.54, 1.807) is 31.2 Å². The molecule has 0 aliphatic rings. The molecule has 0 bridgehead atoms. The number of nitrogens with one attached hydrogen (secondary N) is 3. The second-order valence-corrected chi connectivity index (χ2v) is 6.92. The van der Waals surface area contributed by atoms with E-state index in [4.69, 9.17) is 21.4 Å². The molecule has 0 saturated carbocycles. The van der Waals surface area contributed by atoms with Crippen LogP contribution in [0.25, 0.3) is 0 Å². The van der Waals surface area contributed by atoms with E-state index < -0.39 is 16.7 Å². The van der Waals surface area contributed by atoms with Crippen molar-refractivity contribution < 1.29 is 23.7 Å². The third kappa shape index (κ3) is 5.26. The van der Waals surface area contributed by atoms with Gasteiger partial charge in [-0.15, -0.1) is 0 Å². The van der Waals surface area contributed by atoms with Gasteiger partial charge in [0, 0.05) is 22.9 Å². The molecule has 164 valence electrons. The number of benzene rings is 2. The van der Waals surface area contributed by atoms with Crippen LogP contribution in [0.2, 0.25) is 0 Å². The molecule has 1 heterocycles. The number of ether oxygens (including phenoxy) is 1. The molecule has 0 radical (unpaired) electrons. The minimum Gasteiger partial charge on any atom is -0.495 e. The lowest BCUT2D eigenvalue weighted by Gasteiger charge is -2.14. The molecule has 0 fully saturated rings. The number of carbonyl (C=O) groups is 2. The van der Waals surface area contributed by atoms with Crippen LogP contribution in [0.1, 0.15) is 26.5 Å². The van der Waals surface area contributed by atoms with Crippen molar-refractivity contribution in [2.24, 2.45) is 0 Å². The topological polar surface area (TPSA) is 136 Å². The molecule has 11 heteroatoms. The van der Waals surface area contributed by atoms with Crippen LogP contribution in [0.3, 0.4) is 0 Å². The lowest BCUT2D eigenvalue weighted by molar-refractivity contribution is -0.385. The number of thiocarbonyl (C=S) groups is 1. The average molecular weight is 454 g/mol. The second-order valence-electron chi connectivity index (χ2n) is 6.51. The standard InChI is InChI=1S/C21H18N4O6S/c1-12-5-6-13(10-16(12)25(28)29)19(26)24-21(32)23-15-11-14(7-8-17(15)30-2)22-20(27)18-4-3-9-31-18/h3-11H,1-2H3,(H,22,27)(H2,23,24,26,32). The molecule has 2 amide bonds. The van der Waals surface area contributed by atoms with Gasteiger partial charge in [-0.2, -0.15) is 0 Å². The number of rotatable bonds is 6. The Morgan fingerprint density at radius 1 is 1.09 bits per heavy atom. The van der Waals surface area contributed by atoms with Gasteiger partial charge in [-0.25, -0.2) is 0 Å². The highest BCUT2D eigenvalue weighted by Gasteiger charge is 2.17. The molecular weight excluding hydrogens is 436 g/mol. The van der Waals surface area contributed by atoms with Gasteiger partial charge in [-0.3, -0.25) is 25.0 Å². The van der Waals surface area contributed by atoms with E-state index in [1.165, 1.54) is 37.6 Å². The van der Waals surface area contributed by atoms with Crippen molar-refractivity contribution in [2.75, 3.05) is 17.7 Å². The Hall–Kier alpha value is -4.25. The van der Waals surface area contributed by atoms with E-state index in [2.05, 4.69) is 16.0 Å². The summed E-state index contributed by atoms with van der Waals surface area (Å²) in [6.45, 7) is 1.58. The van der Waals surface area contributed by atoms with Crippen molar-refractivity contribution in [2.45, 2.75) is 6.92 Å². The van der Waals surface area contributed by atoms with Crippen molar-refractivity contribution >= 4 is 46.2 Å². The number of amides is 2. The second kappa shape index (κ2) is 9.71. The van der Waals surface area contributed by atoms with Crippen LogP contribution in [-0.2, 0) is 0 Å². The predicted octanol–water partition coefficient (Wildman–Crippen LogP) is 3.88. The molecule has 0 unspecified atom stereocenters. The van der Waals surface area contributed by atoms with Crippen LogP contribution < -0.4 is 20.7 Å². The molecule has 3 aromatic rings. The van der Waals surface area contributed by atoms with Gasteiger partial charge >= 0.3 is 0 Å². The van der Waals surface area contributed by atoms with Crippen LogP contribution in [0.5, 0.6) is 5.75 Å². The molecular formula is C21H18N4O6S. The Kier molecular flexibility index (Phi) is 6.80. The number of methoxy groups -OCH3 is 1. The Morgan fingerprint density at radius 2 is 1.88 bits per heavy atom. The van der Waals surface area contributed by atoms with Crippen molar-refractivity contribution in [1.29, 1.82) is 0 Å². The maximum absolute atomic E-state index is 12.5. The van der Waals surface area contributed by atoms with Crippen LogP contribution in [0, 0.1) is 17.0 Å². The van der Waals surface area contributed by atoms with Gasteiger partial charge in [0.1, 0.15) is 5.75 Å². The number of nitro benzene ring substituents is 1. The Balaban J connectivity index is 1.72. The Bertz CT molecular complexity index is 1190. The predicted molar refractivity (Wildman–Crippen MR) is 121 cm³/mol. The lowest BCUT2D eigenvalue weighted by Crippen LogP contribution is -2.34. The van der Waals surface area contributed by atoms with Crippen molar-refractivity contribution in [3.8, 4) is 5.75 Å². The highest BCUT2D eigenvalue weighted by Crippen LogP contribution is 2.28. The fourth-order valence-corrected chi connectivity index (χ4v) is 2.96. The van der Waals surface area contributed by atoms with E-state index >= 15 is 0 Å². The number of anilines is 2. The first-order valence-electron chi connectivity index (χ1n) is 9.18. The van der Waals surface area contributed by atoms with Crippen LogP contribution in [0.4, 0.5) is 17.1 Å². The molecule has 3 N–H and O–H groups in total. The molecule has 0 aliphatic heterocycles. The molecule has 1 aromatic heterocycles. The highest BCUT2D eigenvalue weighted by molar-refractivity contribution is 7.80. The summed E-state index contributed by atoms with van der Waals surface area (Å²) in [6.07, 6.45) is 1.39. The smallest absolute Gasteiger partial charge is 0.291 e. The summed E-state index contributed by atoms with van der Waals surface area (Å²) in [5, 5.41) is 19.0. The Morgan fingerprint density at radius 3 is 2.53 bits per heavy atom. The molecule has 2 aromatic carbocycles. The van der Waals surface area contributed by atoms with Gasteiger partial charge in [0.2, 0.25) is 0 Å². The molecule has 0 aliphatic carbocycles. The number of nitrogens with zero attached hydrogens (tertiary/aromatic N) is 1. The number of furan rings is 1. The van der Waals surface area contributed by atoms with Crippen molar-refractivity contribution in [3.05, 3.63) is 81.8 Å². The zero-order valence-electron chi connectivity index (χ0n) is 17.0. The summed E-state index contributed by atoms with van der Waals surface area (Å²) in [7, 11) is 1.45. The molecule has 32 heavy (non-hydrogen) atoms. The van der Waals surface area contributed by atoms with Gasteiger partial charge in [-0.1, -0.05) is 6.07 Å². The third-order valence-electron chi connectivity index (χ3n) is 4.35. The summed E-state index contributed by atoms with van der Waals surface area (Å²) in [5.41, 5.74) is 1.16. The van der Waals surface area contributed by atoms with Gasteiger partial charge < -0.3 is 19.8 Å². The van der Waals surface area contributed by atoms with Gasteiger partial charge in [-0.05, 0) is 55.5 Å². The van der Waals surface area contributed by atoms with E-state index in [9.17, 15) is 19.7 Å².